The summed E-state index contributed by atoms with van der Waals surface area (Å²) in [6.07, 6.45) is 7.09. The van der Waals surface area contributed by atoms with E-state index in [0.29, 0.717) is 30.9 Å². The molecule has 2 atom stereocenters. The molecule has 3 aromatic rings. The number of carbonyl (C=O) groups is 4. The van der Waals surface area contributed by atoms with Crippen molar-refractivity contribution in [2.75, 3.05) is 38.6 Å². The van der Waals surface area contributed by atoms with Crippen LogP contribution >= 0.6 is 0 Å². The molecule has 1 unspecified atom stereocenters. The number of carbonyl (C=O) groups excluding carboxylic acids is 4. The van der Waals surface area contributed by atoms with Crippen LogP contribution in [0.2, 0.25) is 0 Å². The highest BCUT2D eigenvalue weighted by atomic mass is 16.5. The summed E-state index contributed by atoms with van der Waals surface area (Å²) in [4.78, 5) is 57.0. The molecular weight excluding hydrogens is 622 g/mol. The molecule has 262 valence electrons. The third-order valence-electron chi connectivity index (χ3n) is 9.63. The number of anilines is 1. The van der Waals surface area contributed by atoms with Crippen LogP contribution in [0.15, 0.2) is 60.8 Å². The van der Waals surface area contributed by atoms with E-state index in [2.05, 4.69) is 32.0 Å². The lowest BCUT2D eigenvalue weighted by Gasteiger charge is -2.36. The van der Waals surface area contributed by atoms with E-state index in [9.17, 15) is 19.2 Å². The number of nitrogens with zero attached hydrogens (tertiary/aromatic N) is 4. The smallest absolute Gasteiger partial charge is 0.270 e. The standard InChI is InChI=1S/C37H49N7O5/c1-4-33(45)40-30(37(48)44-22-20-43(21-23-44)25-28-12-8-9-13-32(28)49-3)24-26-14-16-29(17-15-26)39-36(47)34(27-10-6-5-7-11-27)41-35(46)31-18-19-38-42(31)2/h8-9,12-19,27,30,34H,4-7,10-11,20-25H2,1-3H3,(H,39,47)(H,40,45)(H,41,46)/t30-,34?/m1/s1. The SMILES string of the molecule is CCC(=O)N[C@H](Cc1ccc(NC(=O)C(NC(=O)c2ccnn2C)C2CCCCC2)cc1)C(=O)N1CCN(Cc2ccccc2OC)CC1. The average Bonchev–Trinajstić information content (AvgIpc) is 3.57. The summed E-state index contributed by atoms with van der Waals surface area (Å²) in [5, 5.41) is 13.0. The van der Waals surface area contributed by atoms with Gasteiger partial charge in [-0.05, 0) is 48.6 Å². The van der Waals surface area contributed by atoms with Crippen LogP contribution in [0.4, 0.5) is 5.69 Å². The zero-order valence-electron chi connectivity index (χ0n) is 28.8. The third kappa shape index (κ3) is 9.47. The molecule has 1 saturated carbocycles. The van der Waals surface area contributed by atoms with Crippen LogP contribution in [0.1, 0.15) is 67.1 Å². The van der Waals surface area contributed by atoms with Crippen LogP contribution in [0.25, 0.3) is 0 Å². The minimum absolute atomic E-state index is 0.0437. The maximum atomic E-state index is 13.7. The first-order valence-electron chi connectivity index (χ1n) is 17.4. The van der Waals surface area contributed by atoms with Gasteiger partial charge in [0, 0.05) is 70.1 Å². The first kappa shape index (κ1) is 35.6. The van der Waals surface area contributed by atoms with Crippen LogP contribution in [0, 0.1) is 5.92 Å². The minimum Gasteiger partial charge on any atom is -0.496 e. The number of hydrogen-bond donors (Lipinski definition) is 3. The fourth-order valence-corrected chi connectivity index (χ4v) is 6.77. The molecule has 0 bridgehead atoms. The molecule has 2 fully saturated rings. The average molecular weight is 672 g/mol. The van der Waals surface area contributed by atoms with Crippen LogP contribution in [0.5, 0.6) is 5.75 Å². The highest BCUT2D eigenvalue weighted by molar-refractivity contribution is 6.00. The van der Waals surface area contributed by atoms with E-state index in [1.54, 1.807) is 45.5 Å². The number of hydrogen-bond acceptors (Lipinski definition) is 7. The molecule has 3 N–H and O–H groups in total. The normalized spacial score (nSPS) is 16.8. The monoisotopic (exact) mass is 671 g/mol. The van der Waals surface area contributed by atoms with Crippen molar-refractivity contribution in [3.63, 3.8) is 0 Å². The fourth-order valence-electron chi connectivity index (χ4n) is 6.77. The Morgan fingerprint density at radius 3 is 2.29 bits per heavy atom. The number of methoxy groups -OCH3 is 1. The molecule has 1 aliphatic heterocycles. The van der Waals surface area contributed by atoms with Crippen LogP contribution in [0.3, 0.4) is 0 Å². The van der Waals surface area contributed by atoms with Gasteiger partial charge in [-0.2, -0.15) is 5.10 Å². The first-order chi connectivity index (χ1) is 23.7. The fraction of sp³-hybridized carbons (Fsp3) is 0.486. The van der Waals surface area contributed by atoms with E-state index in [1.165, 1.54) is 4.68 Å². The van der Waals surface area contributed by atoms with Crippen molar-refractivity contribution in [1.82, 2.24) is 30.2 Å². The Morgan fingerprint density at radius 2 is 1.63 bits per heavy atom. The molecule has 5 rings (SSSR count). The summed E-state index contributed by atoms with van der Waals surface area (Å²) < 4.78 is 7.00. The number of amides is 4. The van der Waals surface area contributed by atoms with E-state index in [-0.39, 0.29) is 36.0 Å². The predicted octanol–water partition coefficient (Wildman–Crippen LogP) is 3.53. The second-order valence-electron chi connectivity index (χ2n) is 13.0. The Balaban J connectivity index is 1.20. The molecule has 2 heterocycles. The van der Waals surface area contributed by atoms with Crippen LogP contribution in [-0.4, -0.2) is 88.6 Å². The molecule has 0 radical (unpaired) electrons. The first-order valence-corrected chi connectivity index (χ1v) is 17.4. The zero-order valence-corrected chi connectivity index (χ0v) is 28.8. The van der Waals surface area contributed by atoms with Gasteiger partial charge in [-0.15, -0.1) is 0 Å². The maximum absolute atomic E-state index is 13.7. The van der Waals surface area contributed by atoms with Gasteiger partial charge in [0.1, 0.15) is 23.5 Å². The molecule has 12 heteroatoms. The van der Waals surface area contributed by atoms with Crippen molar-refractivity contribution in [2.45, 2.75) is 70.5 Å². The largest absolute Gasteiger partial charge is 0.496 e. The highest BCUT2D eigenvalue weighted by Gasteiger charge is 2.32. The number of benzene rings is 2. The van der Waals surface area contributed by atoms with E-state index >= 15 is 0 Å². The molecule has 12 nitrogen and oxygen atoms in total. The Bertz CT molecular complexity index is 1580. The van der Waals surface area contributed by atoms with E-state index in [4.69, 9.17) is 4.74 Å². The Hall–Kier alpha value is -4.71. The Morgan fingerprint density at radius 1 is 0.918 bits per heavy atom. The molecule has 49 heavy (non-hydrogen) atoms. The summed E-state index contributed by atoms with van der Waals surface area (Å²) in [6, 6.07) is 15.5. The van der Waals surface area contributed by atoms with Gasteiger partial charge in [0.05, 0.1) is 7.11 Å². The lowest BCUT2D eigenvalue weighted by atomic mass is 9.83. The van der Waals surface area contributed by atoms with Crippen molar-refractivity contribution >= 4 is 29.3 Å². The maximum Gasteiger partial charge on any atom is 0.270 e. The molecular formula is C37H49N7O5. The summed E-state index contributed by atoms with van der Waals surface area (Å²) in [5.74, 6) is 0.0225. The summed E-state index contributed by atoms with van der Waals surface area (Å²) >= 11 is 0. The molecule has 0 spiro atoms. The van der Waals surface area contributed by atoms with Gasteiger partial charge in [0.25, 0.3) is 5.91 Å². The molecule has 2 aromatic carbocycles. The summed E-state index contributed by atoms with van der Waals surface area (Å²) in [5.41, 5.74) is 2.95. The van der Waals surface area contributed by atoms with Crippen molar-refractivity contribution in [1.29, 1.82) is 0 Å². The van der Waals surface area contributed by atoms with E-state index in [0.717, 1.165) is 68.6 Å². The van der Waals surface area contributed by atoms with E-state index < -0.39 is 12.1 Å². The van der Waals surface area contributed by atoms with Gasteiger partial charge in [0.2, 0.25) is 17.7 Å². The molecule has 1 saturated heterocycles. The molecule has 1 aromatic heterocycles. The number of nitrogens with one attached hydrogen (secondary N) is 3. The van der Waals surface area contributed by atoms with E-state index in [1.807, 2.05) is 35.2 Å². The van der Waals surface area contributed by atoms with Gasteiger partial charge >= 0.3 is 0 Å². The second kappa shape index (κ2) is 17.1. The number of aryl methyl sites for hydroxylation is 1. The van der Waals surface area contributed by atoms with Gasteiger partial charge in [0.15, 0.2) is 0 Å². The third-order valence-corrected chi connectivity index (χ3v) is 9.63. The van der Waals surface area contributed by atoms with Crippen molar-refractivity contribution in [3.8, 4) is 5.75 Å². The lowest BCUT2D eigenvalue weighted by Crippen LogP contribution is -2.55. The quantitative estimate of drug-likeness (QED) is 0.253. The van der Waals surface area contributed by atoms with Crippen molar-refractivity contribution in [2.24, 2.45) is 13.0 Å². The second-order valence-corrected chi connectivity index (χ2v) is 13.0. The summed E-state index contributed by atoms with van der Waals surface area (Å²) in [6.45, 7) is 5.08. The van der Waals surface area contributed by atoms with Gasteiger partial charge < -0.3 is 25.6 Å². The lowest BCUT2D eigenvalue weighted by molar-refractivity contribution is -0.138. The Kier molecular flexibility index (Phi) is 12.4. The predicted molar refractivity (Wildman–Crippen MR) is 187 cm³/mol. The zero-order chi connectivity index (χ0) is 34.8. The topological polar surface area (TPSA) is 138 Å². The van der Waals surface area contributed by atoms with Gasteiger partial charge in [-0.1, -0.05) is 56.5 Å². The van der Waals surface area contributed by atoms with Crippen LogP contribution < -0.4 is 20.7 Å². The molecule has 1 aliphatic carbocycles. The minimum atomic E-state index is -0.702. The summed E-state index contributed by atoms with van der Waals surface area (Å²) in [7, 11) is 3.37. The number of rotatable bonds is 13. The number of ether oxygens (including phenoxy) is 1. The molecule has 4 amide bonds. The number of para-hydroxylation sites is 1. The Labute approximate surface area is 288 Å². The number of aromatic nitrogens is 2. The van der Waals surface area contributed by atoms with Crippen molar-refractivity contribution in [3.05, 3.63) is 77.6 Å². The van der Waals surface area contributed by atoms with Gasteiger partial charge in [-0.25, -0.2) is 0 Å². The number of piperazine rings is 1. The van der Waals surface area contributed by atoms with Gasteiger partial charge in [-0.3, -0.25) is 28.8 Å². The molecule has 2 aliphatic rings. The van der Waals surface area contributed by atoms with Crippen LogP contribution in [-0.2, 0) is 34.4 Å². The highest BCUT2D eigenvalue weighted by Crippen LogP contribution is 2.28. The van der Waals surface area contributed by atoms with Crippen molar-refractivity contribution < 1.29 is 23.9 Å².